The van der Waals surface area contributed by atoms with E-state index in [-0.39, 0.29) is 0 Å². The van der Waals surface area contributed by atoms with Gasteiger partial charge in [0.15, 0.2) is 0 Å². The van der Waals surface area contributed by atoms with Gasteiger partial charge in [-0.3, -0.25) is 0 Å². The molecule has 0 aromatic carbocycles. The van der Waals surface area contributed by atoms with Crippen LogP contribution >= 0.6 is 15.9 Å². The number of cyclic esters (lactones) is 2. The maximum absolute atomic E-state index is 11.3. The molecule has 0 bridgehead atoms. The lowest BCUT2D eigenvalue weighted by molar-refractivity contribution is -0.151. The first-order valence-corrected chi connectivity index (χ1v) is 6.37. The van der Waals surface area contributed by atoms with E-state index in [2.05, 4.69) is 27.6 Å². The van der Waals surface area contributed by atoms with E-state index >= 15 is 0 Å². The number of esters is 2. The van der Waals surface area contributed by atoms with Crippen LogP contribution in [0.15, 0.2) is 11.1 Å². The first-order valence-electron chi connectivity index (χ1n) is 5.25. The smallest absolute Gasteiger partial charge is 0.343 e. The SMILES string of the molecule is CCCCCCC1=C(CBr)C(=O)OC1=O. The van der Waals surface area contributed by atoms with Gasteiger partial charge in [0.05, 0.1) is 5.57 Å². The molecule has 0 unspecified atom stereocenters. The molecule has 1 aliphatic rings. The molecule has 0 atom stereocenters. The molecule has 0 amide bonds. The van der Waals surface area contributed by atoms with Crippen LogP contribution in [0.25, 0.3) is 0 Å². The van der Waals surface area contributed by atoms with Gasteiger partial charge in [0, 0.05) is 10.9 Å². The van der Waals surface area contributed by atoms with Gasteiger partial charge in [0.1, 0.15) is 0 Å². The summed E-state index contributed by atoms with van der Waals surface area (Å²) in [5.74, 6) is -0.937. The zero-order valence-corrected chi connectivity index (χ0v) is 10.4. The van der Waals surface area contributed by atoms with Crippen molar-refractivity contribution in [1.29, 1.82) is 0 Å². The second-order valence-corrected chi connectivity index (χ2v) is 4.14. The lowest BCUT2D eigenvalue weighted by atomic mass is 10.0. The number of unbranched alkanes of at least 4 members (excludes halogenated alkanes) is 3. The van der Waals surface area contributed by atoms with Crippen molar-refractivity contribution in [2.45, 2.75) is 39.0 Å². The van der Waals surface area contributed by atoms with Crippen LogP contribution in [0.4, 0.5) is 0 Å². The average Bonchev–Trinajstić information content (AvgIpc) is 2.48. The summed E-state index contributed by atoms with van der Waals surface area (Å²) in [5, 5.41) is 0.403. The predicted octanol–water partition coefficient (Wildman–Crippen LogP) is 2.73. The van der Waals surface area contributed by atoms with Crippen molar-refractivity contribution in [3.05, 3.63) is 11.1 Å². The van der Waals surface area contributed by atoms with Crippen LogP contribution in [0.1, 0.15) is 39.0 Å². The molecule has 84 valence electrons. The Morgan fingerprint density at radius 1 is 1.07 bits per heavy atom. The van der Waals surface area contributed by atoms with Crippen LogP contribution in [0, 0.1) is 0 Å². The molecule has 1 rings (SSSR count). The Morgan fingerprint density at radius 3 is 2.33 bits per heavy atom. The summed E-state index contributed by atoms with van der Waals surface area (Å²) >= 11 is 3.20. The standard InChI is InChI=1S/C11H15BrO3/c1-2-3-4-5-6-8-9(7-12)11(14)15-10(8)13/h2-7H2,1H3. The number of hydrogen-bond acceptors (Lipinski definition) is 3. The lowest BCUT2D eigenvalue weighted by Crippen LogP contribution is -2.02. The van der Waals surface area contributed by atoms with Gasteiger partial charge in [-0.15, -0.1) is 0 Å². The van der Waals surface area contributed by atoms with Gasteiger partial charge < -0.3 is 4.74 Å². The van der Waals surface area contributed by atoms with E-state index in [1.54, 1.807) is 0 Å². The van der Waals surface area contributed by atoms with Crippen LogP contribution in [0.3, 0.4) is 0 Å². The fraction of sp³-hybridized carbons (Fsp3) is 0.636. The average molecular weight is 275 g/mol. The van der Waals surface area contributed by atoms with E-state index in [4.69, 9.17) is 0 Å². The monoisotopic (exact) mass is 274 g/mol. The highest BCUT2D eigenvalue weighted by atomic mass is 79.9. The largest absolute Gasteiger partial charge is 0.386 e. The van der Waals surface area contributed by atoms with E-state index < -0.39 is 11.9 Å². The van der Waals surface area contributed by atoms with Crippen LogP contribution in [-0.2, 0) is 14.3 Å². The summed E-state index contributed by atoms with van der Waals surface area (Å²) in [6.07, 6.45) is 5.03. The molecular weight excluding hydrogens is 260 g/mol. The Labute approximate surface area is 98.0 Å². The Hall–Kier alpha value is -0.640. The molecule has 0 N–H and O–H groups in total. The third kappa shape index (κ3) is 3.16. The predicted molar refractivity (Wildman–Crippen MR) is 60.7 cm³/mol. The van der Waals surface area contributed by atoms with Crippen molar-refractivity contribution in [3.8, 4) is 0 Å². The fourth-order valence-corrected chi connectivity index (χ4v) is 2.14. The number of halogens is 1. The van der Waals surface area contributed by atoms with Gasteiger partial charge in [-0.1, -0.05) is 42.1 Å². The van der Waals surface area contributed by atoms with Gasteiger partial charge in [0.25, 0.3) is 0 Å². The third-order valence-corrected chi connectivity index (χ3v) is 3.02. The Morgan fingerprint density at radius 2 is 1.73 bits per heavy atom. The fourth-order valence-electron chi connectivity index (χ4n) is 1.57. The maximum atomic E-state index is 11.3. The van der Waals surface area contributed by atoms with E-state index in [9.17, 15) is 9.59 Å². The molecule has 1 heterocycles. The minimum Gasteiger partial charge on any atom is -0.386 e. The molecule has 0 saturated heterocycles. The second-order valence-electron chi connectivity index (χ2n) is 3.58. The van der Waals surface area contributed by atoms with Crippen molar-refractivity contribution in [2.75, 3.05) is 5.33 Å². The number of ether oxygens (including phenoxy) is 1. The van der Waals surface area contributed by atoms with Crippen molar-refractivity contribution < 1.29 is 14.3 Å². The van der Waals surface area contributed by atoms with Gasteiger partial charge in [-0.25, -0.2) is 9.59 Å². The minimum atomic E-state index is -0.484. The summed E-state index contributed by atoms with van der Waals surface area (Å²) in [5.41, 5.74) is 1.06. The number of alkyl halides is 1. The minimum absolute atomic E-state index is 0.403. The van der Waals surface area contributed by atoms with Gasteiger partial charge >= 0.3 is 11.9 Å². The zero-order valence-electron chi connectivity index (χ0n) is 8.85. The van der Waals surface area contributed by atoms with E-state index in [0.717, 1.165) is 19.3 Å². The Balaban J connectivity index is 2.53. The van der Waals surface area contributed by atoms with Crippen molar-refractivity contribution in [1.82, 2.24) is 0 Å². The number of carbonyl (C=O) groups is 2. The van der Waals surface area contributed by atoms with Crippen molar-refractivity contribution >= 4 is 27.9 Å². The molecule has 3 nitrogen and oxygen atoms in total. The van der Waals surface area contributed by atoms with Crippen LogP contribution in [0.5, 0.6) is 0 Å². The highest BCUT2D eigenvalue weighted by Gasteiger charge is 2.31. The summed E-state index contributed by atoms with van der Waals surface area (Å²) in [6, 6.07) is 0. The second kappa shape index (κ2) is 6.05. The molecule has 0 radical (unpaired) electrons. The Kier molecular flexibility index (Phi) is 5.02. The lowest BCUT2D eigenvalue weighted by Gasteiger charge is -1.99. The molecule has 1 aliphatic heterocycles. The first-order chi connectivity index (χ1) is 7.20. The van der Waals surface area contributed by atoms with E-state index in [1.165, 1.54) is 6.42 Å². The number of carbonyl (C=O) groups excluding carboxylic acids is 2. The van der Waals surface area contributed by atoms with Crippen LogP contribution in [0.2, 0.25) is 0 Å². The Bertz CT molecular complexity index is 294. The third-order valence-electron chi connectivity index (χ3n) is 2.46. The molecule has 0 spiro atoms. The molecule has 0 aliphatic carbocycles. The normalized spacial score (nSPS) is 16.1. The zero-order chi connectivity index (χ0) is 11.3. The molecule has 0 fully saturated rings. The number of rotatable bonds is 6. The van der Waals surface area contributed by atoms with Crippen molar-refractivity contribution in [2.24, 2.45) is 0 Å². The van der Waals surface area contributed by atoms with E-state index in [0.29, 0.717) is 22.9 Å². The first kappa shape index (κ1) is 12.4. The topological polar surface area (TPSA) is 43.4 Å². The molecule has 4 heteroatoms. The molecule has 0 aromatic rings. The summed E-state index contributed by atoms with van der Waals surface area (Å²) < 4.78 is 4.55. The highest BCUT2D eigenvalue weighted by molar-refractivity contribution is 9.09. The highest BCUT2D eigenvalue weighted by Crippen LogP contribution is 2.24. The van der Waals surface area contributed by atoms with Crippen LogP contribution < -0.4 is 0 Å². The van der Waals surface area contributed by atoms with Crippen molar-refractivity contribution in [3.63, 3.8) is 0 Å². The molecule has 0 saturated carbocycles. The summed E-state index contributed by atoms with van der Waals surface area (Å²) in [4.78, 5) is 22.5. The van der Waals surface area contributed by atoms with Gasteiger partial charge in [0.2, 0.25) is 0 Å². The van der Waals surface area contributed by atoms with Crippen LogP contribution in [-0.4, -0.2) is 17.3 Å². The van der Waals surface area contributed by atoms with E-state index in [1.807, 2.05) is 0 Å². The van der Waals surface area contributed by atoms with Gasteiger partial charge in [-0.05, 0) is 12.8 Å². The molecular formula is C11H15BrO3. The molecule has 0 aromatic heterocycles. The summed E-state index contributed by atoms with van der Waals surface area (Å²) in [6.45, 7) is 2.14. The maximum Gasteiger partial charge on any atom is 0.343 e. The quantitative estimate of drug-likeness (QED) is 0.324. The molecule has 15 heavy (non-hydrogen) atoms. The number of hydrogen-bond donors (Lipinski definition) is 0. The van der Waals surface area contributed by atoms with Gasteiger partial charge in [-0.2, -0.15) is 0 Å². The summed E-state index contributed by atoms with van der Waals surface area (Å²) in [7, 11) is 0.